The smallest absolute Gasteiger partial charge is 0.303 e. The number of rotatable bonds is 6. The molecule has 0 aromatic heterocycles. The zero-order valence-corrected chi connectivity index (χ0v) is 7.45. The van der Waals surface area contributed by atoms with Gasteiger partial charge in [0.05, 0.1) is 6.10 Å². The Morgan fingerprint density at radius 2 is 2.33 bits per heavy atom. The summed E-state index contributed by atoms with van der Waals surface area (Å²) in [5.74, 6) is 0.0224. The van der Waals surface area contributed by atoms with Crippen LogP contribution in [-0.4, -0.2) is 23.8 Å². The molecule has 0 heterocycles. The van der Waals surface area contributed by atoms with Gasteiger partial charge < -0.3 is 9.84 Å². The van der Waals surface area contributed by atoms with Crippen LogP contribution in [0, 0.1) is 5.92 Å². The Hall–Kier alpha value is -0.570. The Kier molecular flexibility index (Phi) is 3.53. The predicted molar refractivity (Wildman–Crippen MR) is 45.0 cm³/mol. The van der Waals surface area contributed by atoms with E-state index in [1.54, 1.807) is 0 Å². The first-order valence-corrected chi connectivity index (χ1v) is 4.52. The van der Waals surface area contributed by atoms with Crippen molar-refractivity contribution in [3.63, 3.8) is 0 Å². The van der Waals surface area contributed by atoms with Crippen LogP contribution in [0.2, 0.25) is 0 Å². The average Bonchev–Trinajstić information content (AvgIpc) is 2.80. The Balaban J connectivity index is 1.94. The second kappa shape index (κ2) is 4.45. The second-order valence-electron chi connectivity index (χ2n) is 3.52. The maximum atomic E-state index is 10.2. The topological polar surface area (TPSA) is 46.5 Å². The van der Waals surface area contributed by atoms with E-state index < -0.39 is 5.97 Å². The molecule has 0 spiro atoms. The largest absolute Gasteiger partial charge is 0.481 e. The van der Waals surface area contributed by atoms with Crippen LogP contribution in [0.15, 0.2) is 0 Å². The summed E-state index contributed by atoms with van der Waals surface area (Å²) < 4.78 is 5.45. The van der Waals surface area contributed by atoms with Crippen molar-refractivity contribution in [3.8, 4) is 0 Å². The Morgan fingerprint density at radius 1 is 1.67 bits per heavy atom. The zero-order valence-electron chi connectivity index (χ0n) is 7.45. The molecule has 1 N–H and O–H groups in total. The summed E-state index contributed by atoms with van der Waals surface area (Å²) in [6.07, 6.45) is 3.51. The van der Waals surface area contributed by atoms with E-state index in [1.807, 2.05) is 6.92 Å². The average molecular weight is 172 g/mol. The summed E-state index contributed by atoms with van der Waals surface area (Å²) in [7, 11) is 0. The fourth-order valence-corrected chi connectivity index (χ4v) is 0.995. The highest BCUT2D eigenvalue weighted by molar-refractivity contribution is 5.66. The van der Waals surface area contributed by atoms with Gasteiger partial charge in [-0.1, -0.05) is 0 Å². The molecule has 1 saturated carbocycles. The lowest BCUT2D eigenvalue weighted by molar-refractivity contribution is -0.137. The zero-order chi connectivity index (χ0) is 8.97. The van der Waals surface area contributed by atoms with E-state index in [1.165, 1.54) is 12.8 Å². The van der Waals surface area contributed by atoms with Crippen LogP contribution in [0.5, 0.6) is 0 Å². The van der Waals surface area contributed by atoms with E-state index in [2.05, 4.69) is 0 Å². The lowest BCUT2D eigenvalue weighted by Gasteiger charge is -2.10. The van der Waals surface area contributed by atoms with Crippen LogP contribution in [0.25, 0.3) is 0 Å². The minimum absolute atomic E-state index is 0.0988. The van der Waals surface area contributed by atoms with Crippen molar-refractivity contribution in [2.75, 3.05) is 6.61 Å². The Bertz CT molecular complexity index is 152. The summed E-state index contributed by atoms with van der Waals surface area (Å²) in [5, 5.41) is 8.40. The van der Waals surface area contributed by atoms with E-state index in [0.29, 0.717) is 6.42 Å². The number of carboxylic acids is 1. The van der Waals surface area contributed by atoms with Gasteiger partial charge in [0.25, 0.3) is 0 Å². The molecule has 0 bridgehead atoms. The van der Waals surface area contributed by atoms with E-state index in [0.717, 1.165) is 12.5 Å². The first kappa shape index (κ1) is 9.52. The van der Waals surface area contributed by atoms with Gasteiger partial charge in [0, 0.05) is 13.0 Å². The van der Waals surface area contributed by atoms with Gasteiger partial charge in [-0.3, -0.25) is 4.79 Å². The Morgan fingerprint density at radius 3 is 2.83 bits per heavy atom. The molecule has 1 rings (SSSR count). The standard InChI is InChI=1S/C9H16O3/c1-7(2-5-9(10)11)12-6-8-3-4-8/h7-8H,2-6H2,1H3,(H,10,11). The third kappa shape index (κ3) is 4.34. The van der Waals surface area contributed by atoms with Gasteiger partial charge in [-0.2, -0.15) is 0 Å². The molecule has 1 fully saturated rings. The van der Waals surface area contributed by atoms with E-state index in [4.69, 9.17) is 9.84 Å². The number of hydrogen-bond acceptors (Lipinski definition) is 2. The molecule has 1 aliphatic rings. The minimum atomic E-state index is -0.739. The third-order valence-electron chi connectivity index (χ3n) is 2.08. The van der Waals surface area contributed by atoms with Crippen molar-refractivity contribution in [2.45, 2.75) is 38.7 Å². The van der Waals surface area contributed by atoms with Gasteiger partial charge in [0.1, 0.15) is 0 Å². The second-order valence-corrected chi connectivity index (χ2v) is 3.52. The van der Waals surface area contributed by atoms with Gasteiger partial charge >= 0.3 is 5.97 Å². The summed E-state index contributed by atoms with van der Waals surface area (Å²) >= 11 is 0. The van der Waals surface area contributed by atoms with Crippen LogP contribution in [-0.2, 0) is 9.53 Å². The maximum absolute atomic E-state index is 10.2. The molecule has 0 aliphatic heterocycles. The quantitative estimate of drug-likeness (QED) is 0.662. The number of aliphatic carboxylic acids is 1. The summed E-state index contributed by atoms with van der Waals surface area (Å²) in [4.78, 5) is 10.2. The number of ether oxygens (including phenoxy) is 1. The fraction of sp³-hybridized carbons (Fsp3) is 0.889. The van der Waals surface area contributed by atoms with Crippen molar-refractivity contribution in [1.82, 2.24) is 0 Å². The molecule has 12 heavy (non-hydrogen) atoms. The lowest BCUT2D eigenvalue weighted by atomic mass is 10.2. The molecule has 0 amide bonds. The third-order valence-corrected chi connectivity index (χ3v) is 2.08. The first-order chi connectivity index (χ1) is 5.68. The molecule has 0 aromatic rings. The number of hydrogen-bond donors (Lipinski definition) is 1. The van der Waals surface area contributed by atoms with Crippen molar-refractivity contribution in [1.29, 1.82) is 0 Å². The van der Waals surface area contributed by atoms with Gasteiger partial charge in [-0.05, 0) is 32.1 Å². The SMILES string of the molecule is CC(CCC(=O)O)OCC1CC1. The number of carbonyl (C=O) groups is 1. The summed E-state index contributed by atoms with van der Waals surface area (Å²) in [5.41, 5.74) is 0. The van der Waals surface area contributed by atoms with Crippen molar-refractivity contribution in [2.24, 2.45) is 5.92 Å². The van der Waals surface area contributed by atoms with Crippen molar-refractivity contribution < 1.29 is 14.6 Å². The van der Waals surface area contributed by atoms with Crippen LogP contribution >= 0.6 is 0 Å². The van der Waals surface area contributed by atoms with Crippen LogP contribution in [0.1, 0.15) is 32.6 Å². The fourth-order valence-electron chi connectivity index (χ4n) is 0.995. The van der Waals surface area contributed by atoms with Crippen LogP contribution < -0.4 is 0 Å². The van der Waals surface area contributed by atoms with Crippen molar-refractivity contribution >= 4 is 5.97 Å². The monoisotopic (exact) mass is 172 g/mol. The molecule has 1 atom stereocenters. The molecule has 1 aliphatic carbocycles. The highest BCUT2D eigenvalue weighted by Crippen LogP contribution is 2.29. The van der Waals surface area contributed by atoms with Crippen molar-refractivity contribution in [3.05, 3.63) is 0 Å². The molecule has 0 aromatic carbocycles. The first-order valence-electron chi connectivity index (χ1n) is 4.52. The van der Waals surface area contributed by atoms with Gasteiger partial charge in [0.2, 0.25) is 0 Å². The molecular formula is C9H16O3. The lowest BCUT2D eigenvalue weighted by Crippen LogP contribution is -2.12. The molecule has 3 heteroatoms. The van der Waals surface area contributed by atoms with E-state index >= 15 is 0 Å². The van der Waals surface area contributed by atoms with Gasteiger partial charge in [-0.25, -0.2) is 0 Å². The maximum Gasteiger partial charge on any atom is 0.303 e. The molecular weight excluding hydrogens is 156 g/mol. The van der Waals surface area contributed by atoms with Gasteiger partial charge in [-0.15, -0.1) is 0 Å². The summed E-state index contributed by atoms with van der Waals surface area (Å²) in [6, 6.07) is 0. The normalized spacial score (nSPS) is 19.1. The van der Waals surface area contributed by atoms with Crippen LogP contribution in [0.3, 0.4) is 0 Å². The molecule has 3 nitrogen and oxygen atoms in total. The highest BCUT2D eigenvalue weighted by atomic mass is 16.5. The molecule has 0 saturated heterocycles. The Labute approximate surface area is 72.7 Å². The predicted octanol–water partition coefficient (Wildman–Crippen LogP) is 1.67. The van der Waals surface area contributed by atoms with Gasteiger partial charge in [0.15, 0.2) is 0 Å². The van der Waals surface area contributed by atoms with E-state index in [9.17, 15) is 4.79 Å². The molecule has 0 radical (unpaired) electrons. The molecule has 70 valence electrons. The minimum Gasteiger partial charge on any atom is -0.481 e. The number of carboxylic acid groups (broad SMARTS) is 1. The van der Waals surface area contributed by atoms with E-state index in [-0.39, 0.29) is 12.5 Å². The summed E-state index contributed by atoms with van der Waals surface area (Å²) in [6.45, 7) is 2.76. The highest BCUT2D eigenvalue weighted by Gasteiger charge is 2.22. The molecule has 1 unspecified atom stereocenters. The van der Waals surface area contributed by atoms with Crippen LogP contribution in [0.4, 0.5) is 0 Å².